The Hall–Kier alpha value is -2.97. The van der Waals surface area contributed by atoms with Gasteiger partial charge in [0.1, 0.15) is 17.9 Å². The molecule has 0 aromatic heterocycles. The van der Waals surface area contributed by atoms with Crippen molar-refractivity contribution in [3.63, 3.8) is 0 Å². The van der Waals surface area contributed by atoms with Crippen LogP contribution in [0.25, 0.3) is 0 Å². The number of halogens is 1. The zero-order valence-corrected chi connectivity index (χ0v) is 12.8. The van der Waals surface area contributed by atoms with Crippen molar-refractivity contribution >= 4 is 23.9 Å². The molecule has 2 N–H and O–H groups in total. The number of rotatable bonds is 3. The van der Waals surface area contributed by atoms with Crippen LogP contribution in [-0.4, -0.2) is 53.3 Å². The molecule has 126 valence electrons. The van der Waals surface area contributed by atoms with Crippen molar-refractivity contribution in [2.45, 2.75) is 12.5 Å². The van der Waals surface area contributed by atoms with Crippen LogP contribution in [0.15, 0.2) is 24.3 Å². The number of nitrogens with zero attached hydrogens (tertiary/aromatic N) is 2. The second-order valence-electron chi connectivity index (χ2n) is 5.70. The maximum Gasteiger partial charge on any atom is 0.325 e. The Bertz CT molecular complexity index is 753. The Morgan fingerprint density at radius 1 is 1.25 bits per heavy atom. The van der Waals surface area contributed by atoms with Crippen molar-refractivity contribution in [2.24, 2.45) is 0 Å². The number of carbonyl (C=O) groups excluding carboxylic acids is 4. The van der Waals surface area contributed by atoms with Crippen LogP contribution >= 0.6 is 0 Å². The number of benzene rings is 1. The largest absolute Gasteiger partial charge is 0.336 e. The topological polar surface area (TPSA) is 98.8 Å². The SMILES string of the molecule is CC1(c2ccccc2F)NC(=O)N(CC(=O)N2CCNC2=O)C1=O. The molecule has 2 fully saturated rings. The normalized spacial score (nSPS) is 23.5. The Balaban J connectivity index is 1.83. The van der Waals surface area contributed by atoms with Crippen LogP contribution < -0.4 is 10.6 Å². The summed E-state index contributed by atoms with van der Waals surface area (Å²) in [6, 6.07) is 4.22. The van der Waals surface area contributed by atoms with E-state index in [1.807, 2.05) is 0 Å². The molecule has 1 aromatic carbocycles. The minimum absolute atomic E-state index is 0.0113. The Labute approximate surface area is 136 Å². The Kier molecular flexibility index (Phi) is 3.70. The highest BCUT2D eigenvalue weighted by Crippen LogP contribution is 2.30. The maximum atomic E-state index is 14.0. The van der Waals surface area contributed by atoms with E-state index in [2.05, 4.69) is 10.6 Å². The zero-order chi connectivity index (χ0) is 17.5. The van der Waals surface area contributed by atoms with Gasteiger partial charge in [-0.25, -0.2) is 14.0 Å². The number of amides is 6. The molecular weight excluding hydrogens is 319 g/mol. The lowest BCUT2D eigenvalue weighted by Gasteiger charge is -2.23. The summed E-state index contributed by atoms with van der Waals surface area (Å²) in [4.78, 5) is 50.0. The Morgan fingerprint density at radius 2 is 1.96 bits per heavy atom. The summed E-state index contributed by atoms with van der Waals surface area (Å²) in [7, 11) is 0. The van der Waals surface area contributed by atoms with E-state index in [9.17, 15) is 23.6 Å². The van der Waals surface area contributed by atoms with Crippen molar-refractivity contribution < 1.29 is 23.6 Å². The molecule has 0 spiro atoms. The lowest BCUT2D eigenvalue weighted by Crippen LogP contribution is -2.45. The number of hydrogen-bond acceptors (Lipinski definition) is 4. The van der Waals surface area contributed by atoms with E-state index in [-0.39, 0.29) is 12.1 Å². The molecule has 3 rings (SSSR count). The fourth-order valence-electron chi connectivity index (χ4n) is 2.82. The van der Waals surface area contributed by atoms with E-state index in [0.717, 1.165) is 4.90 Å². The molecule has 2 aliphatic rings. The van der Waals surface area contributed by atoms with Crippen molar-refractivity contribution in [3.05, 3.63) is 35.6 Å². The minimum Gasteiger partial charge on any atom is -0.336 e. The highest BCUT2D eigenvalue weighted by molar-refractivity contribution is 6.10. The van der Waals surface area contributed by atoms with Crippen LogP contribution in [0.4, 0.5) is 14.0 Å². The molecule has 2 aliphatic heterocycles. The predicted molar refractivity (Wildman–Crippen MR) is 79.1 cm³/mol. The summed E-state index contributed by atoms with van der Waals surface area (Å²) < 4.78 is 14.0. The summed E-state index contributed by atoms with van der Waals surface area (Å²) in [5, 5.41) is 4.88. The third-order valence-corrected chi connectivity index (χ3v) is 4.14. The molecule has 0 saturated carbocycles. The molecule has 0 radical (unpaired) electrons. The van der Waals surface area contributed by atoms with Crippen LogP contribution in [0.3, 0.4) is 0 Å². The second kappa shape index (κ2) is 5.59. The van der Waals surface area contributed by atoms with Gasteiger partial charge in [0.15, 0.2) is 0 Å². The van der Waals surface area contributed by atoms with E-state index in [1.165, 1.54) is 25.1 Å². The van der Waals surface area contributed by atoms with Gasteiger partial charge in [-0.15, -0.1) is 0 Å². The van der Waals surface area contributed by atoms with Gasteiger partial charge in [-0.1, -0.05) is 18.2 Å². The molecule has 8 nitrogen and oxygen atoms in total. The van der Waals surface area contributed by atoms with Gasteiger partial charge in [0, 0.05) is 18.7 Å². The third kappa shape index (κ3) is 2.38. The summed E-state index contributed by atoms with van der Waals surface area (Å²) in [5.74, 6) is -2.06. The average Bonchev–Trinajstić information content (AvgIpc) is 3.05. The monoisotopic (exact) mass is 334 g/mol. The standard InChI is InChI=1S/C15H15FN4O4/c1-15(9-4-2-3-5-10(9)16)12(22)20(14(24)18-15)8-11(21)19-7-6-17-13(19)23/h2-5H,6-8H2,1H3,(H,17,23)(H,18,24). The van der Waals surface area contributed by atoms with Gasteiger partial charge in [0.2, 0.25) is 0 Å². The number of imide groups is 2. The molecule has 0 bridgehead atoms. The van der Waals surface area contributed by atoms with E-state index >= 15 is 0 Å². The zero-order valence-electron chi connectivity index (χ0n) is 12.8. The molecule has 2 saturated heterocycles. The summed E-state index contributed by atoms with van der Waals surface area (Å²) in [6.07, 6.45) is 0. The van der Waals surface area contributed by atoms with Crippen LogP contribution in [0.5, 0.6) is 0 Å². The smallest absolute Gasteiger partial charge is 0.325 e. The van der Waals surface area contributed by atoms with E-state index < -0.39 is 41.8 Å². The van der Waals surface area contributed by atoms with Crippen molar-refractivity contribution in [1.82, 2.24) is 20.4 Å². The minimum atomic E-state index is -1.60. The van der Waals surface area contributed by atoms with Crippen molar-refractivity contribution in [1.29, 1.82) is 0 Å². The average molecular weight is 334 g/mol. The van der Waals surface area contributed by atoms with E-state index in [4.69, 9.17) is 0 Å². The van der Waals surface area contributed by atoms with Crippen LogP contribution in [-0.2, 0) is 15.1 Å². The quantitative estimate of drug-likeness (QED) is 0.769. The first-order valence-electron chi connectivity index (χ1n) is 7.32. The molecule has 1 aromatic rings. The highest BCUT2D eigenvalue weighted by Gasteiger charge is 2.51. The van der Waals surface area contributed by atoms with Crippen molar-refractivity contribution in [3.8, 4) is 0 Å². The second-order valence-corrected chi connectivity index (χ2v) is 5.70. The van der Waals surface area contributed by atoms with Crippen LogP contribution in [0.2, 0.25) is 0 Å². The van der Waals surface area contributed by atoms with Gasteiger partial charge in [-0.2, -0.15) is 0 Å². The van der Waals surface area contributed by atoms with Gasteiger partial charge in [0.25, 0.3) is 11.8 Å². The van der Waals surface area contributed by atoms with Gasteiger partial charge < -0.3 is 10.6 Å². The first-order chi connectivity index (χ1) is 11.3. The first kappa shape index (κ1) is 15.9. The highest BCUT2D eigenvalue weighted by atomic mass is 19.1. The summed E-state index contributed by atoms with van der Waals surface area (Å²) in [5.41, 5.74) is -1.59. The van der Waals surface area contributed by atoms with Gasteiger partial charge in [0.05, 0.1) is 0 Å². The number of hydrogen-bond donors (Lipinski definition) is 2. The molecule has 6 amide bonds. The van der Waals surface area contributed by atoms with E-state index in [0.29, 0.717) is 11.4 Å². The molecule has 24 heavy (non-hydrogen) atoms. The number of nitrogens with one attached hydrogen (secondary N) is 2. The molecule has 1 atom stereocenters. The van der Waals surface area contributed by atoms with Crippen LogP contribution in [0, 0.1) is 5.82 Å². The van der Waals surface area contributed by atoms with Crippen molar-refractivity contribution in [2.75, 3.05) is 19.6 Å². The fourth-order valence-corrected chi connectivity index (χ4v) is 2.82. The van der Waals surface area contributed by atoms with Crippen LogP contribution in [0.1, 0.15) is 12.5 Å². The molecule has 2 heterocycles. The fraction of sp³-hybridized carbons (Fsp3) is 0.333. The maximum absolute atomic E-state index is 14.0. The summed E-state index contributed by atoms with van der Waals surface area (Å²) >= 11 is 0. The lowest BCUT2D eigenvalue weighted by molar-refractivity contribution is -0.137. The van der Waals surface area contributed by atoms with Gasteiger partial charge in [-0.05, 0) is 13.0 Å². The molecular formula is C15H15FN4O4. The Morgan fingerprint density at radius 3 is 2.58 bits per heavy atom. The lowest BCUT2D eigenvalue weighted by atomic mass is 9.91. The summed E-state index contributed by atoms with van der Waals surface area (Å²) in [6.45, 7) is 1.28. The van der Waals surface area contributed by atoms with E-state index in [1.54, 1.807) is 6.07 Å². The third-order valence-electron chi connectivity index (χ3n) is 4.14. The molecule has 9 heteroatoms. The number of carbonyl (C=O) groups is 4. The first-order valence-corrected chi connectivity index (χ1v) is 7.32. The number of urea groups is 2. The molecule has 0 aliphatic carbocycles. The molecule has 1 unspecified atom stereocenters. The van der Waals surface area contributed by atoms with Gasteiger partial charge >= 0.3 is 12.1 Å². The van der Waals surface area contributed by atoms with Gasteiger partial charge in [-0.3, -0.25) is 19.4 Å². The predicted octanol–water partition coefficient (Wildman–Crippen LogP) is 0.145.